The number of benzene rings is 2. The van der Waals surface area contributed by atoms with Gasteiger partial charge in [-0.15, -0.1) is 0 Å². The fourth-order valence-corrected chi connectivity index (χ4v) is 3.50. The van der Waals surface area contributed by atoms with Crippen molar-refractivity contribution in [3.8, 4) is 5.75 Å². The molecular weight excluding hydrogens is 466 g/mol. The van der Waals surface area contributed by atoms with Crippen LogP contribution in [0.4, 0.5) is 0 Å². The Kier molecular flexibility index (Phi) is 10.8. The average molecular weight is 496 g/mol. The predicted molar refractivity (Wildman–Crippen MR) is 133 cm³/mol. The zero-order chi connectivity index (χ0) is 25.6. The fraction of sp³-hybridized carbons (Fsp3) is 0.360. The predicted octanol–water partition coefficient (Wildman–Crippen LogP) is 3.62. The smallest absolute Gasteiger partial charge is 0.269 e. The van der Waals surface area contributed by atoms with E-state index in [4.69, 9.17) is 24.5 Å². The highest BCUT2D eigenvalue weighted by molar-refractivity contribution is 6.05. The van der Waals surface area contributed by atoms with E-state index in [1.165, 1.54) is 0 Å². The summed E-state index contributed by atoms with van der Waals surface area (Å²) in [4.78, 5) is 27.0. The van der Waals surface area contributed by atoms with Gasteiger partial charge < -0.3 is 28.8 Å². The fourth-order valence-electron chi connectivity index (χ4n) is 3.50. The van der Waals surface area contributed by atoms with Crippen molar-refractivity contribution in [3.05, 3.63) is 75.8 Å². The van der Waals surface area contributed by atoms with Gasteiger partial charge in [0.25, 0.3) is 5.91 Å². The average Bonchev–Trinajstić information content (AvgIpc) is 3.26. The minimum Gasteiger partial charge on any atom is -0.487 e. The van der Waals surface area contributed by atoms with Gasteiger partial charge in [0.1, 0.15) is 24.8 Å². The molecule has 0 unspecified atom stereocenters. The van der Waals surface area contributed by atoms with Crippen LogP contribution >= 0.6 is 0 Å². The largest absolute Gasteiger partial charge is 0.487 e. The van der Waals surface area contributed by atoms with Crippen LogP contribution in [0.3, 0.4) is 0 Å². The molecule has 1 N–H and O–H groups in total. The SMILES string of the molecule is Cn1c(C(=O)NCOCCOCCOCCN=[N+]=[N-])cc2c(C=O)ccc(OCc3ccccc3)c21. The highest BCUT2D eigenvalue weighted by Crippen LogP contribution is 2.31. The number of fused-ring (bicyclic) bond motifs is 1. The summed E-state index contributed by atoms with van der Waals surface area (Å²) >= 11 is 0. The summed E-state index contributed by atoms with van der Waals surface area (Å²) < 4.78 is 23.7. The van der Waals surface area contributed by atoms with Gasteiger partial charge in [-0.3, -0.25) is 9.59 Å². The van der Waals surface area contributed by atoms with Gasteiger partial charge in [0.15, 0.2) is 6.29 Å². The van der Waals surface area contributed by atoms with E-state index < -0.39 is 0 Å². The van der Waals surface area contributed by atoms with E-state index in [2.05, 4.69) is 15.3 Å². The van der Waals surface area contributed by atoms with E-state index in [1.54, 1.807) is 29.8 Å². The number of nitrogens with zero attached hydrogens (tertiary/aromatic N) is 4. The molecule has 1 aromatic heterocycles. The molecule has 0 atom stereocenters. The summed E-state index contributed by atoms with van der Waals surface area (Å²) in [5.74, 6) is 0.241. The summed E-state index contributed by atoms with van der Waals surface area (Å²) in [5, 5.41) is 6.72. The maximum absolute atomic E-state index is 12.8. The van der Waals surface area contributed by atoms with Gasteiger partial charge in [-0.2, -0.15) is 0 Å². The lowest BCUT2D eigenvalue weighted by atomic mass is 10.1. The second-order valence-electron chi connectivity index (χ2n) is 7.63. The Hall–Kier alpha value is -3.89. The second kappa shape index (κ2) is 14.5. The van der Waals surface area contributed by atoms with E-state index in [1.807, 2.05) is 30.3 Å². The minimum atomic E-state index is -0.339. The quantitative estimate of drug-likeness (QED) is 0.0805. The number of amides is 1. The number of aldehydes is 1. The Morgan fingerprint density at radius 2 is 1.78 bits per heavy atom. The molecular formula is C25H29N5O6. The molecule has 0 radical (unpaired) electrons. The van der Waals surface area contributed by atoms with Crippen molar-refractivity contribution in [2.45, 2.75) is 6.61 Å². The first-order valence-corrected chi connectivity index (χ1v) is 11.4. The molecule has 11 heteroatoms. The number of ether oxygens (including phenoxy) is 4. The molecule has 1 amide bonds. The van der Waals surface area contributed by atoms with Crippen molar-refractivity contribution in [2.75, 3.05) is 46.3 Å². The minimum absolute atomic E-state index is 0.00425. The van der Waals surface area contributed by atoms with Crippen molar-refractivity contribution >= 4 is 23.1 Å². The Balaban J connectivity index is 1.50. The van der Waals surface area contributed by atoms with Crippen LogP contribution in [-0.4, -0.2) is 63.1 Å². The van der Waals surface area contributed by atoms with Gasteiger partial charge in [0.05, 0.1) is 38.6 Å². The van der Waals surface area contributed by atoms with Crippen molar-refractivity contribution in [3.63, 3.8) is 0 Å². The normalized spacial score (nSPS) is 10.7. The summed E-state index contributed by atoms with van der Waals surface area (Å²) in [5.41, 5.74) is 10.7. The topological polar surface area (TPSA) is 137 Å². The number of rotatable bonds is 16. The van der Waals surface area contributed by atoms with Crippen molar-refractivity contribution in [2.24, 2.45) is 12.2 Å². The summed E-state index contributed by atoms with van der Waals surface area (Å²) in [7, 11) is 1.75. The molecule has 0 aliphatic rings. The van der Waals surface area contributed by atoms with Crippen LogP contribution in [-0.2, 0) is 27.9 Å². The van der Waals surface area contributed by atoms with Crippen molar-refractivity contribution in [1.29, 1.82) is 0 Å². The molecule has 0 fully saturated rings. The first kappa shape index (κ1) is 26.7. The van der Waals surface area contributed by atoms with Crippen molar-refractivity contribution < 1.29 is 28.5 Å². The highest BCUT2D eigenvalue weighted by atomic mass is 16.5. The third-order valence-corrected chi connectivity index (χ3v) is 5.27. The van der Waals surface area contributed by atoms with E-state index >= 15 is 0 Å². The van der Waals surface area contributed by atoms with Gasteiger partial charge in [-0.05, 0) is 29.3 Å². The maximum atomic E-state index is 12.8. The summed E-state index contributed by atoms with van der Waals surface area (Å²) in [6.07, 6.45) is 0.763. The lowest BCUT2D eigenvalue weighted by Gasteiger charge is -2.11. The van der Waals surface area contributed by atoms with Crippen LogP contribution in [0.2, 0.25) is 0 Å². The van der Waals surface area contributed by atoms with E-state index in [0.29, 0.717) is 67.6 Å². The van der Waals surface area contributed by atoms with Crippen LogP contribution in [0.5, 0.6) is 5.75 Å². The molecule has 0 spiro atoms. The Bertz CT molecular complexity index is 1190. The van der Waals surface area contributed by atoms with Crippen LogP contribution in [0.15, 0.2) is 53.6 Å². The first-order chi connectivity index (χ1) is 17.7. The first-order valence-electron chi connectivity index (χ1n) is 11.4. The highest BCUT2D eigenvalue weighted by Gasteiger charge is 2.18. The molecule has 11 nitrogen and oxygen atoms in total. The Labute approximate surface area is 208 Å². The number of aryl methyl sites for hydroxylation is 1. The molecule has 190 valence electrons. The molecule has 0 aliphatic heterocycles. The van der Waals surface area contributed by atoms with E-state index in [-0.39, 0.29) is 19.2 Å². The molecule has 36 heavy (non-hydrogen) atoms. The van der Waals surface area contributed by atoms with Gasteiger partial charge >= 0.3 is 0 Å². The standard InChI is InChI=1S/C25H29N5O6/c1-30-22(25(32)27-18-35-14-13-34-12-11-33-10-9-28-29-26)15-21-20(16-31)7-8-23(24(21)30)36-17-19-5-3-2-4-6-19/h2-8,15-16H,9-14,17-18H2,1H3,(H,27,32). The monoisotopic (exact) mass is 495 g/mol. The van der Waals surface area contributed by atoms with Crippen LogP contribution in [0.1, 0.15) is 26.4 Å². The third kappa shape index (κ3) is 7.56. The molecule has 1 heterocycles. The molecule has 0 bridgehead atoms. The number of nitrogens with one attached hydrogen (secondary N) is 1. The zero-order valence-corrected chi connectivity index (χ0v) is 20.1. The third-order valence-electron chi connectivity index (χ3n) is 5.27. The number of carbonyl (C=O) groups excluding carboxylic acids is 2. The number of azide groups is 1. The Morgan fingerprint density at radius 3 is 2.50 bits per heavy atom. The van der Waals surface area contributed by atoms with E-state index in [9.17, 15) is 9.59 Å². The summed E-state index contributed by atoms with van der Waals surface area (Å²) in [6.45, 7) is 2.41. The molecule has 0 saturated carbocycles. The van der Waals surface area contributed by atoms with Crippen LogP contribution < -0.4 is 10.1 Å². The van der Waals surface area contributed by atoms with Gasteiger partial charge in [0.2, 0.25) is 0 Å². The Morgan fingerprint density at radius 1 is 1.06 bits per heavy atom. The van der Waals surface area contributed by atoms with E-state index in [0.717, 1.165) is 11.8 Å². The zero-order valence-electron chi connectivity index (χ0n) is 20.1. The summed E-state index contributed by atoms with van der Waals surface area (Å²) in [6, 6.07) is 14.9. The number of hydrogen-bond acceptors (Lipinski definition) is 7. The van der Waals surface area contributed by atoms with Gasteiger partial charge in [0, 0.05) is 29.5 Å². The second-order valence-corrected chi connectivity index (χ2v) is 7.63. The van der Waals surface area contributed by atoms with Gasteiger partial charge in [-0.1, -0.05) is 35.4 Å². The lowest BCUT2D eigenvalue weighted by molar-refractivity contribution is 0.0124. The molecule has 3 rings (SSSR count). The molecule has 0 saturated heterocycles. The van der Waals surface area contributed by atoms with Crippen LogP contribution in [0.25, 0.3) is 21.3 Å². The number of aromatic nitrogens is 1. The van der Waals surface area contributed by atoms with Crippen molar-refractivity contribution in [1.82, 2.24) is 9.88 Å². The lowest BCUT2D eigenvalue weighted by Crippen LogP contribution is -2.28. The number of carbonyl (C=O) groups is 2. The number of hydrogen-bond donors (Lipinski definition) is 1. The maximum Gasteiger partial charge on any atom is 0.269 e. The molecule has 3 aromatic rings. The molecule has 0 aliphatic carbocycles. The van der Waals surface area contributed by atoms with Gasteiger partial charge in [-0.25, -0.2) is 0 Å². The van der Waals surface area contributed by atoms with Crippen LogP contribution in [0, 0.1) is 0 Å². The molecule has 2 aromatic carbocycles.